The van der Waals surface area contributed by atoms with E-state index in [4.69, 9.17) is 37.4 Å². The number of nitrogens with zero attached hydrogens (tertiary/aromatic N) is 6. The topological polar surface area (TPSA) is 168 Å². The van der Waals surface area contributed by atoms with Crippen molar-refractivity contribution in [3.63, 3.8) is 0 Å². The summed E-state index contributed by atoms with van der Waals surface area (Å²) < 4.78 is 19.9. The number of likely N-dealkylation sites (N-methyl/N-ethyl adjacent to an activating group) is 2. The fraction of sp³-hybridized carbons (Fsp3) is 0.439. The number of ether oxygens (including phenoxy) is 3. The first-order valence-corrected chi connectivity index (χ1v) is 26.2. The molecule has 1 saturated heterocycles. The molecule has 5 aromatic rings. The molecule has 18 heteroatoms. The monoisotopic (exact) mass is 1060 g/mol. The molecule has 0 unspecified atom stereocenters. The Morgan fingerprint density at radius 3 is 2.11 bits per heavy atom. The Balaban J connectivity index is 1.29. The maximum Gasteiger partial charge on any atom is 0.247 e. The number of halogens is 2. The summed E-state index contributed by atoms with van der Waals surface area (Å²) in [7, 11) is 12.2. The van der Waals surface area contributed by atoms with E-state index in [1.54, 1.807) is 49.3 Å². The molecule has 0 bridgehead atoms. The molecule has 2 heterocycles. The SMILES string of the molecule is COC[C@@H]1NC(=O)[C@@H](COC)N(Cc2ccc(Cl)cc2Oc2ccc(-c3cnc(CN(C)C)n3C)cc2)C(=O)C[C@@H](Cc2ccccc2)C(=O)N(C)[C@H]2CCCC[C@@H]2NC(=O)C[C@H](Cc2ccc(Cl)cc2)N(C)C1=O. The van der Waals surface area contributed by atoms with E-state index in [0.29, 0.717) is 52.9 Å². The molecule has 2 aliphatic rings. The predicted molar refractivity (Wildman–Crippen MR) is 289 cm³/mol. The highest BCUT2D eigenvalue weighted by Gasteiger charge is 2.40. The molecule has 1 saturated carbocycles. The number of nitrogens with one attached hydrogen (secondary N) is 2. The van der Waals surface area contributed by atoms with Crippen molar-refractivity contribution in [1.82, 2.24) is 39.8 Å². The third-order valence-electron chi connectivity index (χ3n) is 14.3. The van der Waals surface area contributed by atoms with Crippen LogP contribution in [0, 0.1) is 5.92 Å². The normalized spacial score (nSPS) is 21.6. The number of carbonyl (C=O) groups excluding carboxylic acids is 5. The van der Waals surface area contributed by atoms with Crippen molar-refractivity contribution in [2.45, 2.75) is 94.7 Å². The van der Waals surface area contributed by atoms with Crippen LogP contribution in [0.3, 0.4) is 0 Å². The van der Waals surface area contributed by atoms with E-state index in [1.807, 2.05) is 98.6 Å². The van der Waals surface area contributed by atoms with Gasteiger partial charge >= 0.3 is 0 Å². The molecule has 1 aromatic heterocycles. The second-order valence-corrected chi connectivity index (χ2v) is 20.8. The summed E-state index contributed by atoms with van der Waals surface area (Å²) in [6, 6.07) is 25.3. The standard InChI is InChI=1S/C57H70Cl2N8O8/c1-63(2)34-52-60-32-49(65(52)4)39-20-25-45(26-21-39)75-51-30-43(59)24-19-40(51)33-67-50(36-74-7)55(70)62-47(35-73-6)57(72)64(3)44(28-38-17-22-42(58)23-18-38)31-53(68)61-46-15-11-12-16-48(46)66(5)56(71)41(29-54(67)69)27-37-13-9-8-10-14-37/h8-10,13-14,17-26,30,32,41,44,46-48,50H,11-12,15-16,27-29,31,33-36H2,1-7H3,(H,61,68)(H,62,70)/t41-,44+,46+,47+,48+,50-/m1/s1. The predicted octanol–water partition coefficient (Wildman–Crippen LogP) is 7.33. The molecule has 4 aromatic carbocycles. The van der Waals surface area contributed by atoms with Gasteiger partial charge in [-0.15, -0.1) is 0 Å². The van der Waals surface area contributed by atoms with Crippen molar-refractivity contribution in [1.29, 1.82) is 0 Å². The first-order chi connectivity index (χ1) is 36.0. The Kier molecular flexibility index (Phi) is 19.9. The van der Waals surface area contributed by atoms with Crippen LogP contribution in [-0.4, -0.2) is 145 Å². The lowest BCUT2D eigenvalue weighted by atomic mass is 9.87. The van der Waals surface area contributed by atoms with Gasteiger partial charge in [0.05, 0.1) is 50.2 Å². The zero-order valence-corrected chi connectivity index (χ0v) is 45.5. The lowest BCUT2D eigenvalue weighted by Crippen LogP contribution is -2.59. The molecule has 1 aliphatic heterocycles. The molecular formula is C57H70Cl2N8O8. The summed E-state index contributed by atoms with van der Waals surface area (Å²) in [5, 5.41) is 7.06. The number of benzene rings is 4. The van der Waals surface area contributed by atoms with Crippen LogP contribution >= 0.6 is 23.2 Å². The average molecular weight is 1070 g/mol. The third kappa shape index (κ3) is 14.8. The van der Waals surface area contributed by atoms with Crippen molar-refractivity contribution < 1.29 is 38.2 Å². The minimum Gasteiger partial charge on any atom is -0.457 e. The van der Waals surface area contributed by atoms with E-state index in [0.717, 1.165) is 41.1 Å². The third-order valence-corrected chi connectivity index (χ3v) is 14.8. The van der Waals surface area contributed by atoms with Gasteiger partial charge in [0, 0.05) is 81.5 Å². The van der Waals surface area contributed by atoms with E-state index in [2.05, 4.69) is 20.5 Å². The van der Waals surface area contributed by atoms with Crippen molar-refractivity contribution in [3.05, 3.63) is 136 Å². The summed E-state index contributed by atoms with van der Waals surface area (Å²) in [4.78, 5) is 85.8. The van der Waals surface area contributed by atoms with Crippen molar-refractivity contribution in [3.8, 4) is 22.8 Å². The number of fused-ring (bicyclic) bond motifs is 1. The largest absolute Gasteiger partial charge is 0.457 e. The molecule has 2 fully saturated rings. The lowest BCUT2D eigenvalue weighted by Gasteiger charge is -2.40. The van der Waals surface area contributed by atoms with E-state index >= 15 is 14.4 Å². The number of methoxy groups -OCH3 is 2. The summed E-state index contributed by atoms with van der Waals surface area (Å²) in [5.41, 5.74) is 4.05. The van der Waals surface area contributed by atoms with Gasteiger partial charge in [0.25, 0.3) is 0 Å². The van der Waals surface area contributed by atoms with Crippen molar-refractivity contribution in [2.75, 3.05) is 55.6 Å². The first kappa shape index (κ1) is 56.4. The molecule has 7 rings (SSSR count). The second kappa shape index (κ2) is 26.5. The van der Waals surface area contributed by atoms with Crippen LogP contribution in [0.5, 0.6) is 11.5 Å². The van der Waals surface area contributed by atoms with Gasteiger partial charge in [-0.05, 0) is 99.4 Å². The number of rotatable bonds is 15. The number of imidazole rings is 1. The fourth-order valence-corrected chi connectivity index (χ4v) is 10.5. The van der Waals surface area contributed by atoms with Crippen LogP contribution in [-0.2, 0) is 66.4 Å². The Morgan fingerprint density at radius 1 is 0.733 bits per heavy atom. The molecule has 1 aliphatic carbocycles. The van der Waals surface area contributed by atoms with Gasteiger partial charge in [0.15, 0.2) is 0 Å². The number of hydrogen-bond acceptors (Lipinski definition) is 10. The van der Waals surface area contributed by atoms with Crippen LogP contribution in [0.4, 0.5) is 0 Å². The van der Waals surface area contributed by atoms with Crippen LogP contribution in [0.1, 0.15) is 61.0 Å². The summed E-state index contributed by atoms with van der Waals surface area (Å²) in [6.45, 7) is -0.00561. The van der Waals surface area contributed by atoms with Gasteiger partial charge in [-0.2, -0.15) is 0 Å². The zero-order valence-electron chi connectivity index (χ0n) is 44.0. The Bertz CT molecular complexity index is 2740. The Morgan fingerprint density at radius 2 is 1.41 bits per heavy atom. The molecule has 16 nitrogen and oxygen atoms in total. The molecular weight excluding hydrogens is 996 g/mol. The molecule has 6 atom stereocenters. The maximum atomic E-state index is 15.5. The summed E-state index contributed by atoms with van der Waals surface area (Å²) in [5.74, 6) is -1.42. The van der Waals surface area contributed by atoms with E-state index < -0.39 is 41.8 Å². The fourth-order valence-electron chi connectivity index (χ4n) is 10.2. The van der Waals surface area contributed by atoms with Gasteiger partial charge in [-0.3, -0.25) is 24.0 Å². The average Bonchev–Trinajstić information content (AvgIpc) is 3.75. The summed E-state index contributed by atoms with van der Waals surface area (Å²) >= 11 is 12.9. The van der Waals surface area contributed by atoms with E-state index in [-0.39, 0.29) is 62.9 Å². The molecule has 2 N–H and O–H groups in total. The number of hydrogen-bond donors (Lipinski definition) is 2. The van der Waals surface area contributed by atoms with Crippen LogP contribution in [0.25, 0.3) is 11.3 Å². The van der Waals surface area contributed by atoms with Crippen molar-refractivity contribution in [2.24, 2.45) is 13.0 Å². The number of carbonyl (C=O) groups is 5. The highest BCUT2D eigenvalue weighted by Crippen LogP contribution is 2.33. The smallest absolute Gasteiger partial charge is 0.247 e. The Labute approximate surface area is 450 Å². The minimum absolute atomic E-state index is 0.0669. The van der Waals surface area contributed by atoms with Gasteiger partial charge < -0.3 is 49.0 Å². The molecule has 0 spiro atoms. The highest BCUT2D eigenvalue weighted by atomic mass is 35.5. The number of aromatic nitrogens is 2. The van der Waals surface area contributed by atoms with E-state index in [9.17, 15) is 9.59 Å². The molecule has 0 radical (unpaired) electrons. The quantitative estimate of drug-likeness (QED) is 0.108. The van der Waals surface area contributed by atoms with Crippen LogP contribution in [0.2, 0.25) is 10.0 Å². The second-order valence-electron chi connectivity index (χ2n) is 19.9. The molecule has 75 heavy (non-hydrogen) atoms. The van der Waals surface area contributed by atoms with Crippen LogP contribution < -0.4 is 15.4 Å². The molecule has 5 amide bonds. The van der Waals surface area contributed by atoms with Gasteiger partial charge in [0.2, 0.25) is 29.5 Å². The zero-order chi connectivity index (χ0) is 53.8. The number of amides is 5. The Hall–Kier alpha value is -6.30. The first-order valence-electron chi connectivity index (χ1n) is 25.4. The molecule has 400 valence electrons. The van der Waals surface area contributed by atoms with Gasteiger partial charge in [-0.1, -0.05) is 84.6 Å². The summed E-state index contributed by atoms with van der Waals surface area (Å²) in [6.07, 6.45) is 4.96. The van der Waals surface area contributed by atoms with Gasteiger partial charge in [-0.25, -0.2) is 4.98 Å². The minimum atomic E-state index is -1.33. The van der Waals surface area contributed by atoms with Crippen molar-refractivity contribution >= 4 is 52.7 Å². The maximum absolute atomic E-state index is 15.5. The highest BCUT2D eigenvalue weighted by molar-refractivity contribution is 6.31. The lowest BCUT2D eigenvalue weighted by molar-refractivity contribution is -0.149. The van der Waals surface area contributed by atoms with E-state index in [1.165, 1.54) is 24.0 Å². The van der Waals surface area contributed by atoms with Crippen LogP contribution in [0.15, 0.2) is 103 Å². The van der Waals surface area contributed by atoms with Gasteiger partial charge in [0.1, 0.15) is 29.4 Å².